The van der Waals surface area contributed by atoms with Gasteiger partial charge in [0.1, 0.15) is 11.6 Å². The van der Waals surface area contributed by atoms with E-state index in [1.165, 1.54) is 12.1 Å². The van der Waals surface area contributed by atoms with Crippen LogP contribution in [0.25, 0.3) is 11.1 Å². The molecule has 3 aromatic rings. The van der Waals surface area contributed by atoms with Crippen molar-refractivity contribution in [1.29, 1.82) is 0 Å². The number of carbonyl (C=O) groups is 2. The molecule has 4 nitrogen and oxygen atoms in total. The lowest BCUT2D eigenvalue weighted by Gasteiger charge is -2.44. The monoisotopic (exact) mass is 462 g/mol. The molecule has 1 heterocycles. The number of carbonyl (C=O) groups excluding carboxylic acids is 2. The number of hydrogen-bond acceptors (Lipinski definition) is 2. The van der Waals surface area contributed by atoms with Crippen LogP contribution in [-0.4, -0.2) is 23.3 Å². The van der Waals surface area contributed by atoms with E-state index in [0.717, 1.165) is 23.6 Å². The quantitative estimate of drug-likeness (QED) is 0.503. The fourth-order valence-electron chi connectivity index (χ4n) is 4.95. The third-order valence-electron chi connectivity index (χ3n) is 6.98. The number of nitrogens with zero attached hydrogens (tertiary/aromatic N) is 1. The first kappa shape index (κ1) is 23.6. The maximum Gasteiger partial charge on any atom is 0.223 e. The SMILES string of the molecule is C[C@@H](c1ccc(-c2ccc(F)cc2F)cc1)N1CC[C@](CCC(N)=O)(c2ccccc2)CC1=O. The van der Waals surface area contributed by atoms with E-state index >= 15 is 0 Å². The molecule has 0 radical (unpaired) electrons. The van der Waals surface area contributed by atoms with E-state index in [-0.39, 0.29) is 24.3 Å². The van der Waals surface area contributed by atoms with Gasteiger partial charge in [-0.1, -0.05) is 54.6 Å². The summed E-state index contributed by atoms with van der Waals surface area (Å²) in [5, 5.41) is 0. The highest BCUT2D eigenvalue weighted by Crippen LogP contribution is 2.42. The predicted molar refractivity (Wildman–Crippen MR) is 128 cm³/mol. The van der Waals surface area contributed by atoms with Gasteiger partial charge in [-0.3, -0.25) is 9.59 Å². The van der Waals surface area contributed by atoms with E-state index < -0.39 is 17.0 Å². The van der Waals surface area contributed by atoms with Gasteiger partial charge in [-0.25, -0.2) is 8.78 Å². The number of nitrogens with two attached hydrogens (primary N) is 1. The Morgan fingerprint density at radius 2 is 1.76 bits per heavy atom. The summed E-state index contributed by atoms with van der Waals surface area (Å²) in [5.74, 6) is -1.56. The second kappa shape index (κ2) is 9.75. The van der Waals surface area contributed by atoms with Crippen molar-refractivity contribution in [2.75, 3.05) is 6.54 Å². The Labute approximate surface area is 198 Å². The van der Waals surface area contributed by atoms with E-state index in [0.29, 0.717) is 30.5 Å². The fraction of sp³-hybridized carbons (Fsp3) is 0.286. The lowest BCUT2D eigenvalue weighted by molar-refractivity contribution is -0.139. The lowest BCUT2D eigenvalue weighted by atomic mass is 9.69. The molecule has 2 N–H and O–H groups in total. The number of amides is 2. The molecular weight excluding hydrogens is 434 g/mol. The molecule has 1 fully saturated rings. The van der Waals surface area contributed by atoms with Crippen molar-refractivity contribution < 1.29 is 18.4 Å². The van der Waals surface area contributed by atoms with Gasteiger partial charge in [0.15, 0.2) is 0 Å². The summed E-state index contributed by atoms with van der Waals surface area (Å²) in [6, 6.07) is 20.6. The molecule has 0 spiro atoms. The third kappa shape index (κ3) is 4.86. The van der Waals surface area contributed by atoms with Crippen molar-refractivity contribution in [2.45, 2.75) is 44.1 Å². The van der Waals surface area contributed by atoms with Gasteiger partial charge < -0.3 is 10.6 Å². The van der Waals surface area contributed by atoms with Crippen molar-refractivity contribution in [2.24, 2.45) is 5.73 Å². The van der Waals surface area contributed by atoms with Crippen LogP contribution in [0.4, 0.5) is 8.78 Å². The summed E-state index contributed by atoms with van der Waals surface area (Å²) in [4.78, 5) is 26.7. The molecule has 6 heteroatoms. The van der Waals surface area contributed by atoms with E-state index in [9.17, 15) is 18.4 Å². The van der Waals surface area contributed by atoms with Gasteiger partial charge in [0.2, 0.25) is 11.8 Å². The minimum absolute atomic E-state index is 0.0285. The Balaban J connectivity index is 1.52. The fourth-order valence-corrected chi connectivity index (χ4v) is 4.95. The summed E-state index contributed by atoms with van der Waals surface area (Å²) >= 11 is 0. The summed E-state index contributed by atoms with van der Waals surface area (Å²) in [5.41, 5.74) is 7.99. The number of rotatable bonds is 7. The molecule has 0 bridgehead atoms. The molecular formula is C28H28F2N2O2. The average Bonchev–Trinajstić information content (AvgIpc) is 2.83. The predicted octanol–water partition coefficient (Wildman–Crippen LogP) is 5.52. The molecule has 3 aromatic carbocycles. The van der Waals surface area contributed by atoms with E-state index in [1.54, 1.807) is 12.1 Å². The van der Waals surface area contributed by atoms with Crippen LogP contribution in [0, 0.1) is 11.6 Å². The summed E-state index contributed by atoms with van der Waals surface area (Å²) in [6.45, 7) is 2.53. The molecule has 4 rings (SSSR count). The van der Waals surface area contributed by atoms with Gasteiger partial charge in [-0.05, 0) is 48.6 Å². The Kier molecular flexibility index (Phi) is 6.77. The summed E-state index contributed by atoms with van der Waals surface area (Å²) < 4.78 is 27.4. The van der Waals surface area contributed by atoms with Gasteiger partial charge in [-0.15, -0.1) is 0 Å². The number of hydrogen-bond donors (Lipinski definition) is 1. The van der Waals surface area contributed by atoms with Crippen molar-refractivity contribution >= 4 is 11.8 Å². The zero-order valence-electron chi connectivity index (χ0n) is 19.1. The minimum atomic E-state index is -0.613. The van der Waals surface area contributed by atoms with Gasteiger partial charge in [-0.2, -0.15) is 0 Å². The second-order valence-electron chi connectivity index (χ2n) is 9.05. The van der Waals surface area contributed by atoms with Crippen molar-refractivity contribution in [3.63, 3.8) is 0 Å². The Hall–Kier alpha value is -3.54. The first-order valence-electron chi connectivity index (χ1n) is 11.5. The molecule has 0 unspecified atom stereocenters. The lowest BCUT2D eigenvalue weighted by Crippen LogP contribution is -2.47. The molecule has 1 aliphatic heterocycles. The molecule has 0 aliphatic carbocycles. The van der Waals surface area contributed by atoms with E-state index in [2.05, 4.69) is 0 Å². The number of halogens is 2. The molecule has 1 saturated heterocycles. The van der Waals surface area contributed by atoms with Gasteiger partial charge in [0, 0.05) is 36.4 Å². The highest BCUT2D eigenvalue weighted by molar-refractivity contribution is 5.80. The number of primary amides is 1. The van der Waals surface area contributed by atoms with Gasteiger partial charge in [0.05, 0.1) is 6.04 Å². The van der Waals surface area contributed by atoms with Crippen LogP contribution >= 0.6 is 0 Å². The first-order chi connectivity index (χ1) is 16.3. The Morgan fingerprint density at radius 3 is 2.38 bits per heavy atom. The van der Waals surface area contributed by atoms with Crippen molar-refractivity contribution in [3.8, 4) is 11.1 Å². The van der Waals surface area contributed by atoms with Crippen LogP contribution in [0.3, 0.4) is 0 Å². The van der Waals surface area contributed by atoms with Gasteiger partial charge >= 0.3 is 0 Å². The number of benzene rings is 3. The van der Waals surface area contributed by atoms with Crippen molar-refractivity contribution in [1.82, 2.24) is 4.90 Å². The minimum Gasteiger partial charge on any atom is -0.370 e. The van der Waals surface area contributed by atoms with Crippen LogP contribution < -0.4 is 5.73 Å². The topological polar surface area (TPSA) is 63.4 Å². The second-order valence-corrected chi connectivity index (χ2v) is 9.05. The van der Waals surface area contributed by atoms with Crippen LogP contribution in [0.1, 0.15) is 49.8 Å². The largest absolute Gasteiger partial charge is 0.370 e. The molecule has 2 amide bonds. The molecule has 0 aromatic heterocycles. The highest BCUT2D eigenvalue weighted by Gasteiger charge is 2.41. The number of piperidine rings is 1. The zero-order chi connectivity index (χ0) is 24.3. The molecule has 176 valence electrons. The standard InChI is InChI=1S/C28H28F2N2O2/c1-19(20-7-9-21(10-8-20)24-12-11-23(29)17-25(24)30)32-16-15-28(18-27(32)34,14-13-26(31)33)22-5-3-2-4-6-22/h2-12,17,19H,13-16,18H2,1H3,(H2,31,33)/t19-,28-/m0/s1. The zero-order valence-corrected chi connectivity index (χ0v) is 19.1. The Morgan fingerprint density at radius 1 is 1.06 bits per heavy atom. The maximum atomic E-state index is 14.1. The molecule has 34 heavy (non-hydrogen) atoms. The van der Waals surface area contributed by atoms with Crippen LogP contribution in [0.15, 0.2) is 72.8 Å². The van der Waals surface area contributed by atoms with Crippen LogP contribution in [0.2, 0.25) is 0 Å². The normalized spacial score (nSPS) is 19.1. The highest BCUT2D eigenvalue weighted by atomic mass is 19.1. The molecule has 2 atom stereocenters. The third-order valence-corrected chi connectivity index (χ3v) is 6.98. The Bertz CT molecular complexity index is 1180. The van der Waals surface area contributed by atoms with Crippen molar-refractivity contribution in [3.05, 3.63) is 95.6 Å². The maximum absolute atomic E-state index is 14.1. The number of likely N-dealkylation sites (tertiary alicyclic amines) is 1. The van der Waals surface area contributed by atoms with Crippen LogP contribution in [-0.2, 0) is 15.0 Å². The molecule has 1 aliphatic rings. The van der Waals surface area contributed by atoms with E-state index in [4.69, 9.17) is 5.73 Å². The smallest absolute Gasteiger partial charge is 0.223 e. The van der Waals surface area contributed by atoms with Crippen LogP contribution in [0.5, 0.6) is 0 Å². The molecule has 0 saturated carbocycles. The first-order valence-corrected chi connectivity index (χ1v) is 11.5. The average molecular weight is 463 g/mol. The summed E-state index contributed by atoms with van der Waals surface area (Å²) in [6.07, 6.45) is 1.82. The summed E-state index contributed by atoms with van der Waals surface area (Å²) in [7, 11) is 0. The van der Waals surface area contributed by atoms with Gasteiger partial charge in [0.25, 0.3) is 0 Å². The van der Waals surface area contributed by atoms with E-state index in [1.807, 2.05) is 54.3 Å².